The highest BCUT2D eigenvalue weighted by molar-refractivity contribution is 7.99. The van der Waals surface area contributed by atoms with Gasteiger partial charge in [0.05, 0.1) is 12.3 Å². The van der Waals surface area contributed by atoms with Crippen LogP contribution >= 0.6 is 11.8 Å². The Bertz CT molecular complexity index is 782. The number of anilines is 1. The van der Waals surface area contributed by atoms with Crippen LogP contribution in [0.15, 0.2) is 27.8 Å². The van der Waals surface area contributed by atoms with Crippen molar-refractivity contribution >= 4 is 23.4 Å². The van der Waals surface area contributed by atoms with Crippen LogP contribution in [0, 0.1) is 13.8 Å². The van der Waals surface area contributed by atoms with Crippen LogP contribution in [0.5, 0.6) is 0 Å². The Morgan fingerprint density at radius 2 is 2.00 bits per heavy atom. The van der Waals surface area contributed by atoms with Crippen molar-refractivity contribution in [1.82, 2.24) is 15.1 Å². The van der Waals surface area contributed by atoms with E-state index in [9.17, 15) is 4.79 Å². The molecule has 27 heavy (non-hydrogen) atoms. The van der Waals surface area contributed by atoms with Gasteiger partial charge in [-0.1, -0.05) is 29.5 Å². The van der Waals surface area contributed by atoms with E-state index >= 15 is 0 Å². The number of rotatable bonds is 6. The lowest BCUT2D eigenvalue weighted by atomic mass is 9.98. The molecule has 0 saturated carbocycles. The van der Waals surface area contributed by atoms with Crippen molar-refractivity contribution in [2.75, 3.05) is 11.1 Å². The maximum absolute atomic E-state index is 12.6. The van der Waals surface area contributed by atoms with E-state index in [-0.39, 0.29) is 5.91 Å². The van der Waals surface area contributed by atoms with Crippen LogP contribution in [0.2, 0.25) is 0 Å². The predicted octanol–water partition coefficient (Wildman–Crippen LogP) is 4.18. The van der Waals surface area contributed by atoms with Crippen molar-refractivity contribution in [3.8, 4) is 0 Å². The first-order valence-corrected chi connectivity index (χ1v) is 10.5. The van der Waals surface area contributed by atoms with Gasteiger partial charge in [-0.2, -0.15) is 0 Å². The van der Waals surface area contributed by atoms with Gasteiger partial charge in [0.15, 0.2) is 0 Å². The molecule has 1 aromatic heterocycles. The van der Waals surface area contributed by atoms with E-state index in [1.54, 1.807) is 0 Å². The SMILES string of the molecule is Cc1ccc(NCc2nnc(SCC(=O)N3[C@H](C)CCC[C@H]3C)o2)c(C)c1. The van der Waals surface area contributed by atoms with Crippen LogP contribution in [0.1, 0.15) is 50.1 Å². The molecule has 1 N–H and O–H groups in total. The van der Waals surface area contributed by atoms with Crippen LogP contribution in [0.3, 0.4) is 0 Å². The van der Waals surface area contributed by atoms with Crippen molar-refractivity contribution < 1.29 is 9.21 Å². The third kappa shape index (κ3) is 5.03. The molecule has 1 fully saturated rings. The molecule has 2 aromatic rings. The van der Waals surface area contributed by atoms with Gasteiger partial charge in [0, 0.05) is 17.8 Å². The molecule has 1 aliphatic heterocycles. The molecule has 7 heteroatoms. The number of nitrogens with one attached hydrogen (secondary N) is 1. The lowest BCUT2D eigenvalue weighted by Gasteiger charge is -2.39. The van der Waals surface area contributed by atoms with Gasteiger partial charge in [0.2, 0.25) is 11.8 Å². The molecular weight excluding hydrogens is 360 g/mol. The third-order valence-electron chi connectivity index (χ3n) is 5.06. The Labute approximate surface area is 165 Å². The van der Waals surface area contributed by atoms with Gasteiger partial charge in [-0.05, 0) is 58.6 Å². The number of thioether (sulfide) groups is 1. The second kappa shape index (κ2) is 8.78. The summed E-state index contributed by atoms with van der Waals surface area (Å²) in [6, 6.07) is 6.87. The molecular formula is C20H28N4O2S. The number of nitrogens with zero attached hydrogens (tertiary/aromatic N) is 3. The topological polar surface area (TPSA) is 71.3 Å². The summed E-state index contributed by atoms with van der Waals surface area (Å²) in [5.74, 6) is 0.998. The largest absolute Gasteiger partial charge is 0.414 e. The number of aromatic nitrogens is 2. The van der Waals surface area contributed by atoms with Crippen LogP contribution < -0.4 is 5.32 Å². The first kappa shape index (κ1) is 19.7. The lowest BCUT2D eigenvalue weighted by molar-refractivity contribution is -0.134. The zero-order valence-electron chi connectivity index (χ0n) is 16.5. The maximum atomic E-state index is 12.6. The molecule has 1 aromatic carbocycles. The first-order valence-electron chi connectivity index (χ1n) is 9.51. The first-order chi connectivity index (χ1) is 12.9. The summed E-state index contributed by atoms with van der Waals surface area (Å²) < 4.78 is 5.67. The molecule has 2 heterocycles. The lowest BCUT2D eigenvalue weighted by Crippen LogP contribution is -2.48. The molecule has 0 aliphatic carbocycles. The fourth-order valence-corrected chi connectivity index (χ4v) is 4.31. The average molecular weight is 389 g/mol. The maximum Gasteiger partial charge on any atom is 0.277 e. The van der Waals surface area contributed by atoms with Crippen LogP contribution in [-0.4, -0.2) is 38.8 Å². The van der Waals surface area contributed by atoms with Crippen molar-refractivity contribution in [3.63, 3.8) is 0 Å². The minimum absolute atomic E-state index is 0.146. The van der Waals surface area contributed by atoms with E-state index in [1.165, 1.54) is 29.3 Å². The summed E-state index contributed by atoms with van der Waals surface area (Å²) in [6.45, 7) is 8.86. The number of carbonyl (C=O) groups is 1. The monoisotopic (exact) mass is 388 g/mol. The fraction of sp³-hybridized carbons (Fsp3) is 0.550. The number of amides is 1. The molecule has 1 saturated heterocycles. The van der Waals surface area contributed by atoms with Crippen molar-refractivity contribution in [2.24, 2.45) is 0 Å². The van der Waals surface area contributed by atoms with Crippen LogP contribution in [-0.2, 0) is 11.3 Å². The number of likely N-dealkylation sites (tertiary alicyclic amines) is 1. The summed E-state index contributed by atoms with van der Waals surface area (Å²) in [4.78, 5) is 14.6. The summed E-state index contributed by atoms with van der Waals surface area (Å²) in [7, 11) is 0. The number of piperidine rings is 1. The van der Waals surface area contributed by atoms with Gasteiger partial charge >= 0.3 is 0 Å². The number of carbonyl (C=O) groups excluding carboxylic acids is 1. The van der Waals surface area contributed by atoms with E-state index in [0.29, 0.717) is 35.5 Å². The molecule has 0 spiro atoms. The number of aryl methyl sites for hydroxylation is 2. The minimum Gasteiger partial charge on any atom is -0.414 e. The van der Waals surface area contributed by atoms with E-state index in [2.05, 4.69) is 61.4 Å². The molecule has 1 amide bonds. The normalized spacial score (nSPS) is 19.9. The van der Waals surface area contributed by atoms with Crippen LogP contribution in [0.4, 0.5) is 5.69 Å². The molecule has 3 rings (SSSR count). The standard InChI is InChI=1S/C20H28N4O2S/c1-13-8-9-17(14(2)10-13)21-11-18-22-23-20(26-18)27-12-19(25)24-15(3)6-5-7-16(24)4/h8-10,15-16,21H,5-7,11-12H2,1-4H3/t15-,16-/m1/s1. The van der Waals surface area contributed by atoms with Gasteiger partial charge in [-0.3, -0.25) is 4.79 Å². The summed E-state index contributed by atoms with van der Waals surface area (Å²) >= 11 is 1.31. The molecule has 6 nitrogen and oxygen atoms in total. The van der Waals surface area contributed by atoms with Gasteiger partial charge < -0.3 is 14.6 Å². The zero-order valence-corrected chi connectivity index (χ0v) is 17.3. The highest BCUT2D eigenvalue weighted by Gasteiger charge is 2.29. The van der Waals surface area contributed by atoms with Crippen molar-refractivity contribution in [3.05, 3.63) is 35.2 Å². The molecule has 0 bridgehead atoms. The number of hydrogen-bond donors (Lipinski definition) is 1. The average Bonchev–Trinajstić information content (AvgIpc) is 3.07. The van der Waals surface area contributed by atoms with Crippen molar-refractivity contribution in [1.29, 1.82) is 0 Å². The van der Waals surface area contributed by atoms with Gasteiger partial charge in [-0.15, -0.1) is 10.2 Å². The van der Waals surface area contributed by atoms with E-state index in [1.807, 2.05) is 4.90 Å². The Balaban J connectivity index is 1.51. The van der Waals surface area contributed by atoms with E-state index < -0.39 is 0 Å². The highest BCUT2D eigenvalue weighted by atomic mass is 32.2. The number of hydrogen-bond acceptors (Lipinski definition) is 6. The summed E-state index contributed by atoms with van der Waals surface area (Å²) in [5.41, 5.74) is 3.47. The minimum atomic E-state index is 0.146. The van der Waals surface area contributed by atoms with Gasteiger partial charge in [0.1, 0.15) is 0 Å². The molecule has 1 aliphatic rings. The summed E-state index contributed by atoms with van der Waals surface area (Å²) in [5, 5.41) is 11.9. The van der Waals surface area contributed by atoms with E-state index in [4.69, 9.17) is 4.42 Å². The third-order valence-corrected chi connectivity index (χ3v) is 5.86. The molecule has 2 atom stereocenters. The van der Waals surface area contributed by atoms with Gasteiger partial charge in [0.25, 0.3) is 5.22 Å². The molecule has 0 unspecified atom stereocenters. The smallest absolute Gasteiger partial charge is 0.277 e. The Morgan fingerprint density at radius 3 is 2.70 bits per heavy atom. The Hall–Kier alpha value is -2.02. The number of benzene rings is 1. The quantitative estimate of drug-likeness (QED) is 0.749. The van der Waals surface area contributed by atoms with Crippen LogP contribution in [0.25, 0.3) is 0 Å². The Kier molecular flexibility index (Phi) is 6.42. The van der Waals surface area contributed by atoms with Crippen molar-refractivity contribution in [2.45, 2.75) is 70.8 Å². The fourth-order valence-electron chi connectivity index (χ4n) is 3.66. The predicted molar refractivity (Wildman–Crippen MR) is 108 cm³/mol. The zero-order chi connectivity index (χ0) is 19.4. The molecule has 0 radical (unpaired) electrons. The Morgan fingerprint density at radius 1 is 1.26 bits per heavy atom. The highest BCUT2D eigenvalue weighted by Crippen LogP contribution is 2.25. The second-order valence-electron chi connectivity index (χ2n) is 7.35. The second-order valence-corrected chi connectivity index (χ2v) is 8.28. The summed E-state index contributed by atoms with van der Waals surface area (Å²) in [6.07, 6.45) is 3.35. The van der Waals surface area contributed by atoms with Gasteiger partial charge in [-0.25, -0.2) is 0 Å². The van der Waals surface area contributed by atoms with E-state index in [0.717, 1.165) is 18.5 Å². The molecule has 146 valence electrons.